The molecule has 4 aromatic carbocycles. The predicted octanol–water partition coefficient (Wildman–Crippen LogP) is 17.8. The number of aryl methyl sites for hydroxylation is 4. The molecular weight excluding hydrogens is 1020 g/mol. The van der Waals surface area contributed by atoms with Crippen molar-refractivity contribution in [3.63, 3.8) is 0 Å². The fraction of sp³-hybridized carbons (Fsp3) is 0.667. The van der Waals surface area contributed by atoms with E-state index in [1.807, 2.05) is 12.1 Å². The van der Waals surface area contributed by atoms with Gasteiger partial charge in [0, 0.05) is 10.8 Å². The molecule has 0 saturated heterocycles. The van der Waals surface area contributed by atoms with Gasteiger partial charge in [-0.3, -0.25) is 0 Å². The van der Waals surface area contributed by atoms with E-state index in [0.717, 1.165) is 86.1 Å². The molecule has 4 aromatic rings. The average molecular weight is 1110 g/mol. The van der Waals surface area contributed by atoms with Gasteiger partial charge in [0.15, 0.2) is 0 Å². The van der Waals surface area contributed by atoms with Crippen LogP contribution in [0.5, 0.6) is 0 Å². The minimum absolute atomic E-state index is 0. The second kappa shape index (κ2) is 38.4. The fourth-order valence-corrected chi connectivity index (χ4v) is 11.5. The number of hydrogen-bond acceptors (Lipinski definition) is 6. The van der Waals surface area contributed by atoms with Gasteiger partial charge < -0.3 is 9.11 Å². The second-order valence-corrected chi connectivity index (χ2v) is 22.6. The summed E-state index contributed by atoms with van der Waals surface area (Å²) >= 11 is 0. The molecule has 69 heavy (non-hydrogen) atoms. The van der Waals surface area contributed by atoms with Gasteiger partial charge in [0.1, 0.15) is 20.2 Å². The van der Waals surface area contributed by atoms with Crippen LogP contribution in [-0.2, 0) is 45.9 Å². The first-order valence-electron chi connectivity index (χ1n) is 28.0. The third kappa shape index (κ3) is 25.5. The summed E-state index contributed by atoms with van der Waals surface area (Å²) in [4.78, 5) is -0.0883. The summed E-state index contributed by atoms with van der Waals surface area (Å²) in [5, 5.41) is 3.27. The normalized spacial score (nSPS) is 11.8. The van der Waals surface area contributed by atoms with Crippen molar-refractivity contribution in [1.82, 2.24) is 0 Å². The summed E-state index contributed by atoms with van der Waals surface area (Å²) in [6.45, 7) is 8.96. The van der Waals surface area contributed by atoms with E-state index in [0.29, 0.717) is 10.8 Å². The van der Waals surface area contributed by atoms with Crippen LogP contribution in [-0.4, -0.2) is 74.8 Å². The van der Waals surface area contributed by atoms with Crippen LogP contribution in [0.4, 0.5) is 0 Å². The molecule has 0 aliphatic rings. The Bertz CT molecular complexity index is 2030. The van der Waals surface area contributed by atoms with Crippen molar-refractivity contribution in [3.05, 3.63) is 82.9 Å². The SMILES string of the molecule is CCCCCCCCCCc1ccc(CCCCCCCCCC)c2c(S(=O)(=O)[O-])cccc12.CCCCCCCCCCc1ccc(CCCCCCCCCC)c2c(S(=O)(=O)[O-])cccc12.[Ba+2]. The molecule has 0 saturated carbocycles. The zero-order valence-corrected chi connectivity index (χ0v) is 50.3. The monoisotopic (exact) mass is 1110 g/mol. The van der Waals surface area contributed by atoms with Gasteiger partial charge in [-0.05, 0) is 96.5 Å². The number of rotatable bonds is 38. The van der Waals surface area contributed by atoms with Gasteiger partial charge >= 0.3 is 48.9 Å². The molecule has 0 N–H and O–H groups in total. The molecule has 0 aromatic heterocycles. The molecule has 0 spiro atoms. The van der Waals surface area contributed by atoms with Crippen molar-refractivity contribution in [2.45, 2.75) is 269 Å². The van der Waals surface area contributed by atoms with Gasteiger partial charge in [-0.2, -0.15) is 0 Å². The molecule has 4 rings (SSSR count). The second-order valence-electron chi connectivity index (χ2n) is 19.9. The Hall–Kier alpha value is -1.21. The van der Waals surface area contributed by atoms with Crippen molar-refractivity contribution in [2.75, 3.05) is 0 Å². The third-order valence-corrected chi connectivity index (χ3v) is 15.9. The van der Waals surface area contributed by atoms with Crippen molar-refractivity contribution < 1.29 is 25.9 Å². The van der Waals surface area contributed by atoms with Gasteiger partial charge in [0.05, 0.1) is 9.79 Å². The number of benzene rings is 4. The first-order chi connectivity index (χ1) is 33.0. The molecule has 0 unspecified atom stereocenters. The predicted molar refractivity (Wildman–Crippen MR) is 295 cm³/mol. The molecule has 0 heterocycles. The van der Waals surface area contributed by atoms with E-state index in [1.54, 1.807) is 12.1 Å². The van der Waals surface area contributed by atoms with Crippen molar-refractivity contribution in [3.8, 4) is 0 Å². The number of unbranched alkanes of at least 4 members (excludes halogenated alkanes) is 28. The molecule has 0 amide bonds. The molecule has 0 fully saturated rings. The maximum absolute atomic E-state index is 12.1. The molecule has 9 heteroatoms. The standard InChI is InChI=1S/2C30H48O3S.Ba/c2*1-3-5-7-9-11-13-15-17-20-26-24-25-27(21-18-16-14-12-10-8-6-4-2)30-28(26)22-19-23-29(30)34(31,32)33;/h2*19,22-25H,3-18,20-21H2,1-2H3,(H,31,32,33);/q;;+2/p-2. The summed E-state index contributed by atoms with van der Waals surface area (Å²) < 4.78 is 72.4. The Kier molecular flexibility index (Phi) is 35.5. The van der Waals surface area contributed by atoms with Gasteiger partial charge in [0.25, 0.3) is 0 Å². The maximum atomic E-state index is 12.1. The molecule has 0 aliphatic carbocycles. The summed E-state index contributed by atoms with van der Waals surface area (Å²) in [6.07, 6.45) is 43.7. The third-order valence-electron chi connectivity index (χ3n) is 14.1. The van der Waals surface area contributed by atoms with Gasteiger partial charge in [0.2, 0.25) is 0 Å². The van der Waals surface area contributed by atoms with Gasteiger partial charge in [-0.15, -0.1) is 0 Å². The van der Waals surface area contributed by atoms with Crippen LogP contribution >= 0.6 is 0 Å². The van der Waals surface area contributed by atoms with E-state index in [9.17, 15) is 25.9 Å². The molecular formula is C60H94BaO6S2. The van der Waals surface area contributed by atoms with Crippen molar-refractivity contribution in [2.24, 2.45) is 0 Å². The first kappa shape index (κ1) is 63.9. The summed E-state index contributed by atoms with van der Waals surface area (Å²) in [5.74, 6) is 0. The Labute approximate surface area is 463 Å². The minimum atomic E-state index is -4.51. The topological polar surface area (TPSA) is 114 Å². The Balaban J connectivity index is 0.000000467. The molecule has 6 nitrogen and oxygen atoms in total. The Morgan fingerprint density at radius 2 is 0.522 bits per heavy atom. The fourth-order valence-electron chi connectivity index (χ4n) is 10.1. The van der Waals surface area contributed by atoms with Crippen LogP contribution in [0, 0.1) is 0 Å². The summed E-state index contributed by atoms with van der Waals surface area (Å²) in [6, 6.07) is 18.9. The average Bonchev–Trinajstić information content (AvgIpc) is 3.32. The van der Waals surface area contributed by atoms with Gasteiger partial charge in [-0.25, -0.2) is 16.8 Å². The summed E-state index contributed by atoms with van der Waals surface area (Å²) in [7, 11) is -9.01. The van der Waals surface area contributed by atoms with E-state index in [-0.39, 0.29) is 58.7 Å². The van der Waals surface area contributed by atoms with Crippen LogP contribution in [0.2, 0.25) is 0 Å². The number of fused-ring (bicyclic) bond motifs is 2. The quantitative estimate of drug-likeness (QED) is 0.0251. The zero-order valence-electron chi connectivity index (χ0n) is 44.2. The maximum Gasteiger partial charge on any atom is 2.00 e. The van der Waals surface area contributed by atoms with E-state index in [4.69, 9.17) is 0 Å². The van der Waals surface area contributed by atoms with Crippen LogP contribution in [0.3, 0.4) is 0 Å². The molecule has 384 valence electrons. The Morgan fingerprint density at radius 1 is 0.304 bits per heavy atom. The Morgan fingerprint density at radius 3 is 0.768 bits per heavy atom. The van der Waals surface area contributed by atoms with Crippen LogP contribution in [0.1, 0.15) is 255 Å². The molecule has 0 bridgehead atoms. The van der Waals surface area contributed by atoms with Crippen molar-refractivity contribution >= 4 is 90.7 Å². The summed E-state index contributed by atoms with van der Waals surface area (Å²) in [5.41, 5.74) is 4.36. The van der Waals surface area contributed by atoms with E-state index in [1.165, 1.54) is 190 Å². The minimum Gasteiger partial charge on any atom is -0.744 e. The van der Waals surface area contributed by atoms with Crippen LogP contribution in [0.25, 0.3) is 21.5 Å². The molecule has 0 atom stereocenters. The van der Waals surface area contributed by atoms with Crippen molar-refractivity contribution in [1.29, 1.82) is 0 Å². The van der Waals surface area contributed by atoms with Gasteiger partial charge in [-0.1, -0.05) is 256 Å². The largest absolute Gasteiger partial charge is 2.00 e. The van der Waals surface area contributed by atoms with Crippen LogP contribution < -0.4 is 0 Å². The van der Waals surface area contributed by atoms with Crippen LogP contribution in [0.15, 0.2) is 70.5 Å². The number of hydrogen-bond donors (Lipinski definition) is 0. The zero-order chi connectivity index (χ0) is 49.3. The van der Waals surface area contributed by atoms with E-state index < -0.39 is 20.2 Å². The first-order valence-corrected chi connectivity index (χ1v) is 30.8. The molecule has 0 aliphatic heterocycles. The molecule has 0 radical (unpaired) electrons. The smallest absolute Gasteiger partial charge is 0.744 e. The van der Waals surface area contributed by atoms with E-state index >= 15 is 0 Å². The van der Waals surface area contributed by atoms with E-state index in [2.05, 4.69) is 52.0 Å².